The monoisotopic (exact) mass is 147 g/mol. The number of thiocarbonyl (C=S) groups is 1. The zero-order valence-electron chi connectivity index (χ0n) is 5.24. The molecule has 1 aliphatic carbocycles. The summed E-state index contributed by atoms with van der Waals surface area (Å²) in [6, 6.07) is 0. The van der Waals surface area contributed by atoms with Gasteiger partial charge in [0.25, 0.3) is 0 Å². The van der Waals surface area contributed by atoms with Crippen molar-refractivity contribution in [3.63, 3.8) is 0 Å². The number of nitrogens with zero attached hydrogens (tertiary/aromatic N) is 1. The van der Waals surface area contributed by atoms with Gasteiger partial charge in [-0.2, -0.15) is 4.99 Å². The summed E-state index contributed by atoms with van der Waals surface area (Å²) in [6.45, 7) is 0. The smallest absolute Gasteiger partial charge is 0.0745 e. The van der Waals surface area contributed by atoms with Gasteiger partial charge in [0.2, 0.25) is 0 Å². The van der Waals surface area contributed by atoms with Crippen molar-refractivity contribution in [2.24, 2.45) is 4.99 Å². The Hall–Kier alpha value is -1.20. The van der Waals surface area contributed by atoms with Gasteiger partial charge in [-0.25, -0.2) is 0 Å². The summed E-state index contributed by atoms with van der Waals surface area (Å²) in [5.74, 6) is 0. The van der Waals surface area contributed by atoms with Gasteiger partial charge in [-0.1, -0.05) is 6.08 Å². The van der Waals surface area contributed by atoms with Crippen LogP contribution in [0.4, 0.5) is 0 Å². The van der Waals surface area contributed by atoms with Crippen molar-refractivity contribution >= 4 is 17.4 Å². The average Bonchev–Trinajstić information content (AvgIpc) is 2.17. The highest BCUT2D eigenvalue weighted by molar-refractivity contribution is 7.78. The number of hydrogen-bond acceptors (Lipinski definition) is 2. The second-order valence-corrected chi connectivity index (χ2v) is 1.84. The summed E-state index contributed by atoms with van der Waals surface area (Å²) in [5.41, 5.74) is 3.70. The minimum atomic E-state index is 0.802. The molecule has 1 aliphatic rings. The van der Waals surface area contributed by atoms with E-state index in [2.05, 4.69) is 28.1 Å². The average molecular weight is 147 g/mol. The minimum absolute atomic E-state index is 0.802. The van der Waals surface area contributed by atoms with E-state index in [1.807, 2.05) is 24.3 Å². The summed E-state index contributed by atoms with van der Waals surface area (Å²) in [5, 5.41) is 2.29. The predicted octanol–water partition coefficient (Wildman–Crippen LogP) is 2.25. The lowest BCUT2D eigenvalue weighted by atomic mass is 10.4. The highest BCUT2D eigenvalue weighted by atomic mass is 32.1. The largest absolute Gasteiger partial charge is 0.195 e. The lowest BCUT2D eigenvalue weighted by molar-refractivity contribution is 1.44. The molecule has 48 valence electrons. The van der Waals surface area contributed by atoms with Crippen LogP contribution in [0, 0.1) is 0 Å². The first-order valence-corrected chi connectivity index (χ1v) is 3.21. The fraction of sp³-hybridized carbons (Fsp3) is 0. The maximum atomic E-state index is 4.44. The predicted molar refractivity (Wildman–Crippen MR) is 44.9 cm³/mol. The van der Waals surface area contributed by atoms with E-state index in [9.17, 15) is 0 Å². The molecule has 10 heavy (non-hydrogen) atoms. The summed E-state index contributed by atoms with van der Waals surface area (Å²) in [7, 11) is 0. The quantitative estimate of drug-likeness (QED) is 0.315. The van der Waals surface area contributed by atoms with E-state index in [4.69, 9.17) is 0 Å². The van der Waals surface area contributed by atoms with Gasteiger partial charge in [-0.15, -0.1) is 5.73 Å². The molecule has 1 nitrogen and oxygen atoms in total. The molecule has 0 heterocycles. The third kappa shape index (κ3) is 1.96. The van der Waals surface area contributed by atoms with Crippen LogP contribution in [-0.2, 0) is 0 Å². The SMILES string of the molecule is S=C=NC1=CC=C=CC=C1. The maximum Gasteiger partial charge on any atom is 0.0745 e. The molecule has 0 atom stereocenters. The van der Waals surface area contributed by atoms with E-state index in [0.29, 0.717) is 0 Å². The summed E-state index contributed by atoms with van der Waals surface area (Å²) in [4.78, 5) is 3.79. The number of isothiocyanates is 1. The molecule has 0 spiro atoms. The summed E-state index contributed by atoms with van der Waals surface area (Å²) < 4.78 is 0. The first-order valence-electron chi connectivity index (χ1n) is 2.81. The molecule has 0 saturated carbocycles. The van der Waals surface area contributed by atoms with Gasteiger partial charge in [0.05, 0.1) is 10.9 Å². The Bertz CT molecular complexity index is 284. The Kier molecular flexibility index (Phi) is 2.60. The highest BCUT2D eigenvalue weighted by Crippen LogP contribution is 2.00. The molecule has 0 amide bonds. The lowest BCUT2D eigenvalue weighted by Gasteiger charge is -1.82. The molecule has 0 aromatic rings. The van der Waals surface area contributed by atoms with E-state index in [1.54, 1.807) is 6.08 Å². The molecule has 0 bridgehead atoms. The Morgan fingerprint density at radius 1 is 1.50 bits per heavy atom. The topological polar surface area (TPSA) is 12.4 Å². The Morgan fingerprint density at radius 2 is 2.40 bits per heavy atom. The molecule has 0 unspecified atom stereocenters. The first-order chi connectivity index (χ1) is 4.93. The normalized spacial score (nSPS) is 13.8. The second-order valence-electron chi connectivity index (χ2n) is 1.65. The van der Waals surface area contributed by atoms with Gasteiger partial charge in [0, 0.05) is 0 Å². The summed E-state index contributed by atoms with van der Waals surface area (Å²) >= 11 is 4.44. The molecular formula is C8H5NS. The van der Waals surface area contributed by atoms with Gasteiger partial charge in [-0.3, -0.25) is 0 Å². The van der Waals surface area contributed by atoms with Crippen molar-refractivity contribution < 1.29 is 0 Å². The molecule has 0 radical (unpaired) electrons. The van der Waals surface area contributed by atoms with Crippen molar-refractivity contribution in [3.8, 4) is 0 Å². The molecule has 0 aromatic heterocycles. The van der Waals surface area contributed by atoms with Crippen molar-refractivity contribution in [2.75, 3.05) is 0 Å². The van der Waals surface area contributed by atoms with Crippen LogP contribution in [0.2, 0.25) is 0 Å². The van der Waals surface area contributed by atoms with Crippen LogP contribution in [-0.4, -0.2) is 5.16 Å². The van der Waals surface area contributed by atoms with Crippen molar-refractivity contribution in [2.45, 2.75) is 0 Å². The zero-order chi connectivity index (χ0) is 7.23. The summed E-state index contributed by atoms with van der Waals surface area (Å²) in [6.07, 6.45) is 9.11. The van der Waals surface area contributed by atoms with Crippen molar-refractivity contribution in [1.82, 2.24) is 0 Å². The Morgan fingerprint density at radius 3 is 3.20 bits per heavy atom. The first kappa shape index (κ1) is 6.91. The fourth-order valence-electron chi connectivity index (χ4n) is 0.574. The molecule has 0 aliphatic heterocycles. The number of aliphatic imine (C=N–C) groups is 1. The van der Waals surface area contributed by atoms with E-state index < -0.39 is 0 Å². The van der Waals surface area contributed by atoms with E-state index in [-0.39, 0.29) is 0 Å². The second kappa shape index (κ2) is 3.76. The van der Waals surface area contributed by atoms with Gasteiger partial charge in [0.15, 0.2) is 0 Å². The van der Waals surface area contributed by atoms with Crippen LogP contribution in [0.5, 0.6) is 0 Å². The third-order valence-corrected chi connectivity index (χ3v) is 1.08. The van der Waals surface area contributed by atoms with Gasteiger partial charge < -0.3 is 0 Å². The van der Waals surface area contributed by atoms with Gasteiger partial charge in [-0.05, 0) is 36.5 Å². The van der Waals surface area contributed by atoms with E-state index >= 15 is 0 Å². The highest BCUT2D eigenvalue weighted by Gasteiger charge is 1.83. The lowest BCUT2D eigenvalue weighted by Crippen LogP contribution is -1.66. The number of hydrogen-bond donors (Lipinski definition) is 0. The van der Waals surface area contributed by atoms with Crippen molar-refractivity contribution in [3.05, 3.63) is 41.8 Å². The third-order valence-electron chi connectivity index (χ3n) is 0.984. The van der Waals surface area contributed by atoms with Crippen LogP contribution < -0.4 is 0 Å². The molecule has 1 rings (SSSR count). The van der Waals surface area contributed by atoms with E-state index in [0.717, 1.165) is 5.70 Å². The standard InChI is InChI=1S/C8H5NS/c10-7-9-8-5-3-1-2-4-6-8/h1,3-6H. The zero-order valence-corrected chi connectivity index (χ0v) is 6.06. The van der Waals surface area contributed by atoms with Crippen LogP contribution in [0.3, 0.4) is 0 Å². The molecule has 0 aromatic carbocycles. The molecule has 2 heteroatoms. The molecule has 0 fully saturated rings. The minimum Gasteiger partial charge on any atom is -0.195 e. The molecule has 0 saturated heterocycles. The number of rotatable bonds is 1. The Balaban J connectivity index is 2.91. The molecule has 0 N–H and O–H groups in total. The van der Waals surface area contributed by atoms with Gasteiger partial charge >= 0.3 is 0 Å². The van der Waals surface area contributed by atoms with Crippen LogP contribution >= 0.6 is 12.2 Å². The maximum absolute atomic E-state index is 4.44. The fourth-order valence-corrected chi connectivity index (χ4v) is 0.680. The molecular weight excluding hydrogens is 142 g/mol. The van der Waals surface area contributed by atoms with Crippen LogP contribution in [0.25, 0.3) is 0 Å². The van der Waals surface area contributed by atoms with Crippen molar-refractivity contribution in [1.29, 1.82) is 0 Å². The number of allylic oxidation sites excluding steroid dienone is 4. The van der Waals surface area contributed by atoms with E-state index in [1.165, 1.54) is 0 Å². The van der Waals surface area contributed by atoms with Gasteiger partial charge in [0.1, 0.15) is 0 Å². The Labute approximate surface area is 64.8 Å². The van der Waals surface area contributed by atoms with Crippen LogP contribution in [0.1, 0.15) is 0 Å². The van der Waals surface area contributed by atoms with Crippen LogP contribution in [0.15, 0.2) is 46.8 Å².